The standard InChI is InChI=1S/C16H21N3S.C11H16O/c1-6-12-7-13(10(2)3)15(14(8-12)11(4)5)18-16-17-9-19(16)20;1-11(2,3)10-7-5-4-6-9(10)8-12/h1,7-8,10-11,20H,9H2,2-5H3,(H,17,18);4-7,12H,8H2,1-3H3. The van der Waals surface area contributed by atoms with Gasteiger partial charge >= 0.3 is 0 Å². The van der Waals surface area contributed by atoms with E-state index in [1.807, 2.05) is 18.2 Å². The SMILES string of the molecule is C#Cc1cc(C(C)C)c(NC2=NCN2S)c(C(C)C)c1.CC(C)(C)c1ccccc1CO. The quantitative estimate of drug-likeness (QED) is 0.379. The molecule has 2 aromatic carbocycles. The third kappa shape index (κ3) is 6.31. The zero-order valence-electron chi connectivity index (χ0n) is 20.4. The molecular weight excluding hydrogens is 414 g/mol. The van der Waals surface area contributed by atoms with Gasteiger partial charge in [0.15, 0.2) is 0 Å². The summed E-state index contributed by atoms with van der Waals surface area (Å²) in [6.07, 6.45) is 5.58. The maximum atomic E-state index is 9.08. The van der Waals surface area contributed by atoms with Crippen molar-refractivity contribution in [2.24, 2.45) is 4.99 Å². The van der Waals surface area contributed by atoms with Gasteiger partial charge in [-0.3, -0.25) is 4.31 Å². The van der Waals surface area contributed by atoms with Gasteiger partial charge < -0.3 is 10.4 Å². The predicted molar refractivity (Wildman–Crippen MR) is 140 cm³/mol. The number of hydrogen-bond acceptors (Lipinski definition) is 5. The van der Waals surface area contributed by atoms with Gasteiger partial charge in [-0.1, -0.05) is 91.5 Å². The highest BCUT2D eigenvalue weighted by Crippen LogP contribution is 2.34. The monoisotopic (exact) mass is 451 g/mol. The highest BCUT2D eigenvalue weighted by Gasteiger charge is 2.21. The van der Waals surface area contributed by atoms with Gasteiger partial charge in [-0.25, -0.2) is 4.99 Å². The molecule has 0 atom stereocenters. The average Bonchev–Trinajstić information content (AvgIpc) is 2.75. The molecule has 0 saturated heterocycles. The lowest BCUT2D eigenvalue weighted by Gasteiger charge is -2.30. The molecule has 3 rings (SSSR count). The number of guanidine groups is 1. The molecule has 0 aliphatic carbocycles. The van der Waals surface area contributed by atoms with E-state index in [9.17, 15) is 0 Å². The first kappa shape index (κ1) is 25.8. The van der Waals surface area contributed by atoms with Crippen molar-refractivity contribution in [1.29, 1.82) is 0 Å². The Balaban J connectivity index is 0.000000258. The maximum Gasteiger partial charge on any atom is 0.212 e. The number of anilines is 1. The zero-order valence-corrected chi connectivity index (χ0v) is 21.3. The largest absolute Gasteiger partial charge is 0.392 e. The molecular formula is C27H37N3OS. The maximum absolute atomic E-state index is 9.08. The minimum Gasteiger partial charge on any atom is -0.392 e. The number of terminal acetylenes is 1. The molecule has 0 radical (unpaired) electrons. The summed E-state index contributed by atoms with van der Waals surface area (Å²) in [6, 6.07) is 12.2. The van der Waals surface area contributed by atoms with E-state index in [2.05, 4.69) is 95.7 Å². The summed E-state index contributed by atoms with van der Waals surface area (Å²) >= 11 is 4.33. The Hall–Kier alpha value is -2.42. The molecule has 172 valence electrons. The second-order valence-electron chi connectivity index (χ2n) is 9.70. The normalized spacial score (nSPS) is 13.2. The van der Waals surface area contributed by atoms with E-state index in [0.717, 1.165) is 22.8 Å². The van der Waals surface area contributed by atoms with Crippen molar-refractivity contribution in [2.45, 2.75) is 72.3 Å². The Morgan fingerprint density at radius 2 is 1.69 bits per heavy atom. The van der Waals surface area contributed by atoms with Crippen LogP contribution < -0.4 is 5.32 Å². The summed E-state index contributed by atoms with van der Waals surface area (Å²) in [6.45, 7) is 15.9. The van der Waals surface area contributed by atoms with Crippen molar-refractivity contribution < 1.29 is 5.11 Å². The summed E-state index contributed by atoms with van der Waals surface area (Å²) in [4.78, 5) is 4.30. The first-order valence-corrected chi connectivity index (χ1v) is 11.5. The van der Waals surface area contributed by atoms with E-state index in [1.165, 1.54) is 16.7 Å². The van der Waals surface area contributed by atoms with Crippen LogP contribution in [-0.2, 0) is 12.0 Å². The molecule has 0 bridgehead atoms. The van der Waals surface area contributed by atoms with Crippen LogP contribution in [0.15, 0.2) is 41.4 Å². The van der Waals surface area contributed by atoms with E-state index < -0.39 is 0 Å². The average molecular weight is 452 g/mol. The van der Waals surface area contributed by atoms with Crippen LogP contribution in [0.3, 0.4) is 0 Å². The van der Waals surface area contributed by atoms with Crippen LogP contribution in [0, 0.1) is 12.3 Å². The Morgan fingerprint density at radius 1 is 1.12 bits per heavy atom. The summed E-state index contributed by atoms with van der Waals surface area (Å²) in [5.41, 5.74) is 6.88. The molecule has 32 heavy (non-hydrogen) atoms. The number of thiol groups is 1. The molecule has 0 amide bonds. The van der Waals surface area contributed by atoms with E-state index in [-0.39, 0.29) is 12.0 Å². The molecule has 0 unspecified atom stereocenters. The van der Waals surface area contributed by atoms with Crippen molar-refractivity contribution >= 4 is 24.5 Å². The Morgan fingerprint density at radius 3 is 2.03 bits per heavy atom. The molecule has 0 saturated carbocycles. The first-order chi connectivity index (χ1) is 15.0. The number of nitrogens with one attached hydrogen (secondary N) is 1. The van der Waals surface area contributed by atoms with E-state index in [0.29, 0.717) is 18.5 Å². The van der Waals surface area contributed by atoms with Crippen LogP contribution in [-0.4, -0.2) is 22.0 Å². The van der Waals surface area contributed by atoms with Crippen LogP contribution in [0.25, 0.3) is 0 Å². The van der Waals surface area contributed by atoms with Crippen LogP contribution in [0.2, 0.25) is 0 Å². The van der Waals surface area contributed by atoms with Crippen LogP contribution >= 0.6 is 12.8 Å². The van der Waals surface area contributed by atoms with Gasteiger partial charge in [-0.2, -0.15) is 0 Å². The number of hydrogen-bond donors (Lipinski definition) is 3. The van der Waals surface area contributed by atoms with Gasteiger partial charge in [0.1, 0.15) is 6.67 Å². The summed E-state index contributed by atoms with van der Waals surface area (Å²) in [5, 5.41) is 12.5. The molecule has 2 aromatic rings. The Labute approximate surface area is 199 Å². The second-order valence-corrected chi connectivity index (χ2v) is 10.2. The van der Waals surface area contributed by atoms with Crippen molar-refractivity contribution in [3.63, 3.8) is 0 Å². The third-order valence-electron chi connectivity index (χ3n) is 5.44. The highest BCUT2D eigenvalue weighted by molar-refractivity contribution is 7.78. The van der Waals surface area contributed by atoms with Gasteiger partial charge in [-0.15, -0.1) is 6.42 Å². The molecule has 1 heterocycles. The molecule has 1 aliphatic heterocycles. The van der Waals surface area contributed by atoms with Gasteiger partial charge in [-0.05, 0) is 51.6 Å². The highest BCUT2D eigenvalue weighted by atomic mass is 32.1. The Bertz CT molecular complexity index is 968. The molecule has 5 heteroatoms. The molecule has 0 aromatic heterocycles. The lowest BCUT2D eigenvalue weighted by atomic mass is 9.84. The Kier molecular flexibility index (Phi) is 8.83. The predicted octanol–water partition coefficient (Wildman–Crippen LogP) is 6.28. The molecule has 0 fully saturated rings. The van der Waals surface area contributed by atoms with Crippen LogP contribution in [0.5, 0.6) is 0 Å². The second kappa shape index (κ2) is 10.9. The lowest BCUT2D eigenvalue weighted by Crippen LogP contribution is -2.38. The van der Waals surface area contributed by atoms with Gasteiger partial charge in [0.25, 0.3) is 0 Å². The van der Waals surface area contributed by atoms with E-state index in [1.54, 1.807) is 4.31 Å². The lowest BCUT2D eigenvalue weighted by molar-refractivity contribution is 0.278. The topological polar surface area (TPSA) is 47.9 Å². The molecule has 1 aliphatic rings. The number of aliphatic imine (C=N–C) groups is 1. The fourth-order valence-corrected chi connectivity index (χ4v) is 3.81. The smallest absolute Gasteiger partial charge is 0.212 e. The number of nitrogens with zero attached hydrogens (tertiary/aromatic N) is 2. The zero-order chi connectivity index (χ0) is 24.1. The minimum absolute atomic E-state index is 0.124. The number of aliphatic hydroxyl groups is 1. The number of aliphatic hydroxyl groups excluding tert-OH is 1. The summed E-state index contributed by atoms with van der Waals surface area (Å²) in [5.74, 6) is 4.32. The van der Waals surface area contributed by atoms with Crippen molar-refractivity contribution in [3.05, 3.63) is 64.2 Å². The van der Waals surface area contributed by atoms with E-state index >= 15 is 0 Å². The fourth-order valence-electron chi connectivity index (χ4n) is 3.64. The molecule has 0 spiro atoms. The number of benzene rings is 2. The van der Waals surface area contributed by atoms with E-state index in [4.69, 9.17) is 11.5 Å². The van der Waals surface area contributed by atoms with Crippen molar-refractivity contribution in [3.8, 4) is 12.3 Å². The summed E-state index contributed by atoms with van der Waals surface area (Å²) < 4.78 is 1.79. The van der Waals surface area contributed by atoms with Crippen LogP contribution in [0.1, 0.15) is 88.1 Å². The fraction of sp³-hybridized carbons (Fsp3) is 0.444. The summed E-state index contributed by atoms with van der Waals surface area (Å²) in [7, 11) is 0. The minimum atomic E-state index is 0.124. The molecule has 2 N–H and O–H groups in total. The molecule has 4 nitrogen and oxygen atoms in total. The van der Waals surface area contributed by atoms with Gasteiger partial charge in [0, 0.05) is 11.3 Å². The van der Waals surface area contributed by atoms with Crippen LogP contribution in [0.4, 0.5) is 5.69 Å². The van der Waals surface area contributed by atoms with Crippen molar-refractivity contribution in [2.75, 3.05) is 12.0 Å². The van der Waals surface area contributed by atoms with Gasteiger partial charge in [0.05, 0.1) is 6.61 Å². The van der Waals surface area contributed by atoms with Gasteiger partial charge in [0.2, 0.25) is 5.96 Å². The third-order valence-corrected chi connectivity index (χ3v) is 5.76. The van der Waals surface area contributed by atoms with Crippen molar-refractivity contribution in [1.82, 2.24) is 4.31 Å². The number of rotatable bonds is 4. The first-order valence-electron chi connectivity index (χ1n) is 11.1.